The van der Waals surface area contributed by atoms with E-state index in [1.807, 2.05) is 47.8 Å². The van der Waals surface area contributed by atoms with E-state index in [0.29, 0.717) is 28.8 Å². The first-order valence-electron chi connectivity index (χ1n) is 10.9. The van der Waals surface area contributed by atoms with Crippen LogP contribution >= 0.6 is 11.3 Å². The van der Waals surface area contributed by atoms with Gasteiger partial charge in [-0.15, -0.1) is 11.3 Å². The number of para-hydroxylation sites is 1. The lowest BCUT2D eigenvalue weighted by Crippen LogP contribution is -2.39. The van der Waals surface area contributed by atoms with Crippen LogP contribution in [-0.2, 0) is 25.4 Å². The molecule has 5 aromatic rings. The second-order valence-corrected chi connectivity index (χ2v) is 8.91. The predicted octanol–water partition coefficient (Wildman–Crippen LogP) is 2.59. The van der Waals surface area contributed by atoms with Crippen LogP contribution in [0.3, 0.4) is 0 Å². The van der Waals surface area contributed by atoms with Crippen LogP contribution in [0.5, 0.6) is 0 Å². The summed E-state index contributed by atoms with van der Waals surface area (Å²) in [4.78, 5) is 43.4. The van der Waals surface area contributed by atoms with Crippen molar-refractivity contribution in [2.45, 2.75) is 13.0 Å². The third-order valence-corrected chi connectivity index (χ3v) is 6.55. The maximum Gasteiger partial charge on any atom is 0.342 e. The summed E-state index contributed by atoms with van der Waals surface area (Å²) in [5.74, 6) is -0.516. The average Bonchev–Trinajstić information content (AvgIpc) is 3.62. The number of carbonyl (C=O) groups is 1. The summed E-state index contributed by atoms with van der Waals surface area (Å²) >= 11 is 1.48. The van der Waals surface area contributed by atoms with Gasteiger partial charge in [-0.2, -0.15) is 5.10 Å². The molecule has 0 radical (unpaired) electrons. The van der Waals surface area contributed by atoms with Crippen LogP contribution in [0.2, 0.25) is 0 Å². The lowest BCUT2D eigenvalue weighted by atomic mass is 10.2. The van der Waals surface area contributed by atoms with E-state index in [-0.39, 0.29) is 13.2 Å². The van der Waals surface area contributed by atoms with Crippen LogP contribution in [0, 0.1) is 0 Å². The van der Waals surface area contributed by atoms with E-state index < -0.39 is 17.2 Å². The molecule has 0 aliphatic rings. The first kappa shape index (κ1) is 22.5. The van der Waals surface area contributed by atoms with Crippen molar-refractivity contribution in [3.8, 4) is 16.3 Å². The van der Waals surface area contributed by atoms with E-state index in [1.54, 1.807) is 29.5 Å². The minimum absolute atomic E-state index is 0.0399. The van der Waals surface area contributed by atoms with Crippen molar-refractivity contribution in [1.29, 1.82) is 0 Å². The number of hydrogen-bond acceptors (Lipinski definition) is 7. The molecule has 4 heterocycles. The maximum atomic E-state index is 13.0. The van der Waals surface area contributed by atoms with E-state index in [4.69, 9.17) is 4.74 Å². The Morgan fingerprint density at radius 1 is 1.09 bits per heavy atom. The van der Waals surface area contributed by atoms with Gasteiger partial charge < -0.3 is 9.30 Å². The highest BCUT2D eigenvalue weighted by Crippen LogP contribution is 2.28. The van der Waals surface area contributed by atoms with Crippen molar-refractivity contribution in [3.63, 3.8) is 0 Å². The van der Waals surface area contributed by atoms with Gasteiger partial charge in [-0.1, -0.05) is 24.3 Å². The number of aromatic nitrogens is 6. The van der Waals surface area contributed by atoms with Gasteiger partial charge in [0.1, 0.15) is 11.3 Å². The second-order valence-electron chi connectivity index (χ2n) is 7.96. The van der Waals surface area contributed by atoms with Gasteiger partial charge in [0.05, 0.1) is 23.5 Å². The number of imidazole rings is 1. The third-order valence-electron chi connectivity index (χ3n) is 5.67. The van der Waals surface area contributed by atoms with Crippen LogP contribution in [0.1, 0.15) is 16.8 Å². The molecule has 0 N–H and O–H groups in total. The monoisotopic (exact) mass is 490 g/mol. The number of hydrogen-bond donors (Lipinski definition) is 0. The van der Waals surface area contributed by atoms with Crippen LogP contribution in [0.4, 0.5) is 0 Å². The Bertz CT molecular complexity index is 1630. The fourth-order valence-electron chi connectivity index (χ4n) is 3.89. The van der Waals surface area contributed by atoms with Crippen LogP contribution < -0.4 is 11.2 Å². The minimum Gasteiger partial charge on any atom is -0.462 e. The highest BCUT2D eigenvalue weighted by Gasteiger charge is 2.21. The third kappa shape index (κ3) is 4.10. The maximum absolute atomic E-state index is 13.0. The predicted molar refractivity (Wildman–Crippen MR) is 132 cm³/mol. The van der Waals surface area contributed by atoms with E-state index >= 15 is 0 Å². The number of nitrogens with zero attached hydrogens (tertiary/aromatic N) is 6. The number of aryl methyl sites for hydroxylation is 2. The van der Waals surface area contributed by atoms with Gasteiger partial charge in [0.2, 0.25) is 0 Å². The molecule has 0 atom stereocenters. The topological polar surface area (TPSA) is 106 Å². The molecule has 1 aromatic carbocycles. The number of benzene rings is 1. The highest BCUT2D eigenvalue weighted by molar-refractivity contribution is 7.13. The Kier molecular flexibility index (Phi) is 5.91. The molecule has 35 heavy (non-hydrogen) atoms. The molecule has 0 saturated carbocycles. The van der Waals surface area contributed by atoms with Crippen molar-refractivity contribution in [3.05, 3.63) is 86.8 Å². The largest absolute Gasteiger partial charge is 0.462 e. The summed E-state index contributed by atoms with van der Waals surface area (Å²) < 4.78 is 11.2. The lowest BCUT2D eigenvalue weighted by Gasteiger charge is -2.09. The Morgan fingerprint density at radius 2 is 1.89 bits per heavy atom. The van der Waals surface area contributed by atoms with Crippen molar-refractivity contribution in [2.24, 2.45) is 14.1 Å². The Hall–Kier alpha value is -4.25. The van der Waals surface area contributed by atoms with Crippen LogP contribution in [-0.4, -0.2) is 41.0 Å². The molecule has 10 nitrogen and oxygen atoms in total. The quantitative estimate of drug-likeness (QED) is 0.257. The zero-order valence-electron chi connectivity index (χ0n) is 19.1. The first-order chi connectivity index (χ1) is 17.0. The van der Waals surface area contributed by atoms with Crippen LogP contribution in [0.15, 0.2) is 70.0 Å². The molecule has 11 heteroatoms. The summed E-state index contributed by atoms with van der Waals surface area (Å²) in [5, 5.41) is 6.53. The molecular formula is C24H22N6O4S. The van der Waals surface area contributed by atoms with Crippen molar-refractivity contribution < 1.29 is 9.53 Å². The normalized spacial score (nSPS) is 11.3. The van der Waals surface area contributed by atoms with E-state index in [9.17, 15) is 14.4 Å². The number of ether oxygens (including phenoxy) is 1. The molecule has 178 valence electrons. The van der Waals surface area contributed by atoms with Gasteiger partial charge in [-0.25, -0.2) is 19.3 Å². The molecule has 0 aliphatic heterocycles. The number of esters is 1. The fourth-order valence-corrected chi connectivity index (χ4v) is 4.61. The lowest BCUT2D eigenvalue weighted by molar-refractivity contribution is 0.0496. The van der Waals surface area contributed by atoms with E-state index in [1.165, 1.54) is 22.2 Å². The summed E-state index contributed by atoms with van der Waals surface area (Å²) in [6.45, 7) is 0.152. The Morgan fingerprint density at radius 3 is 2.63 bits per heavy atom. The Balaban J connectivity index is 1.34. The molecule has 0 unspecified atom stereocenters. The zero-order chi connectivity index (χ0) is 24.5. The number of carbonyl (C=O) groups excluding carboxylic acids is 1. The molecular weight excluding hydrogens is 468 g/mol. The van der Waals surface area contributed by atoms with Crippen molar-refractivity contribution >= 4 is 28.5 Å². The van der Waals surface area contributed by atoms with Crippen molar-refractivity contribution in [2.75, 3.05) is 6.61 Å². The SMILES string of the molecule is Cn1cnc2c1c(=O)n(CCCOC(=O)c1cn(-c3ccccc3)nc1-c1cccs1)c(=O)n2C. The average molecular weight is 491 g/mol. The molecule has 4 aromatic heterocycles. The summed E-state index contributed by atoms with van der Waals surface area (Å²) in [5.41, 5.74) is 1.52. The molecule has 0 aliphatic carbocycles. The summed E-state index contributed by atoms with van der Waals surface area (Å²) in [7, 11) is 3.28. The smallest absolute Gasteiger partial charge is 0.342 e. The molecule has 0 amide bonds. The first-order valence-corrected chi connectivity index (χ1v) is 11.8. The Labute approximate surface area is 203 Å². The van der Waals surface area contributed by atoms with Gasteiger partial charge in [0, 0.05) is 26.8 Å². The zero-order valence-corrected chi connectivity index (χ0v) is 19.9. The highest BCUT2D eigenvalue weighted by atomic mass is 32.1. The molecule has 0 saturated heterocycles. The molecule has 5 rings (SSSR count). The van der Waals surface area contributed by atoms with Gasteiger partial charge >= 0.3 is 11.7 Å². The number of fused-ring (bicyclic) bond motifs is 1. The molecule has 0 spiro atoms. The van der Waals surface area contributed by atoms with E-state index in [0.717, 1.165) is 15.1 Å². The fraction of sp³-hybridized carbons (Fsp3) is 0.208. The number of thiophene rings is 1. The summed E-state index contributed by atoms with van der Waals surface area (Å²) in [6.07, 6.45) is 3.45. The second kappa shape index (κ2) is 9.18. The summed E-state index contributed by atoms with van der Waals surface area (Å²) in [6, 6.07) is 13.3. The van der Waals surface area contributed by atoms with E-state index in [2.05, 4.69) is 10.1 Å². The molecule has 0 bridgehead atoms. The minimum atomic E-state index is -0.516. The van der Waals surface area contributed by atoms with Gasteiger partial charge in [-0.05, 0) is 30.0 Å². The number of rotatable bonds is 7. The molecule has 0 fully saturated rings. The van der Waals surface area contributed by atoms with Gasteiger partial charge in [0.25, 0.3) is 5.56 Å². The standard InChI is InChI=1S/C24H22N6O4S/c1-27-15-25-21-20(27)22(31)29(24(33)28(21)2)11-7-12-34-23(32)17-14-30(16-8-4-3-5-9-16)26-19(17)18-10-6-13-35-18/h3-6,8-10,13-15H,7,11-12H2,1-2H3. The van der Waals surface area contributed by atoms with Crippen molar-refractivity contribution in [1.82, 2.24) is 28.5 Å². The van der Waals surface area contributed by atoms with Crippen LogP contribution in [0.25, 0.3) is 27.4 Å². The van der Waals surface area contributed by atoms with Gasteiger partial charge in [0.15, 0.2) is 11.2 Å². The van der Waals surface area contributed by atoms with Gasteiger partial charge in [-0.3, -0.25) is 13.9 Å².